The number of anilines is 2. The first kappa shape index (κ1) is 27.3. The summed E-state index contributed by atoms with van der Waals surface area (Å²) < 4.78 is 19.8. The number of carbonyl (C=O) groups excluding carboxylic acids is 1. The number of thiazole rings is 1. The topological polar surface area (TPSA) is 98.3 Å². The van der Waals surface area contributed by atoms with Crippen molar-refractivity contribution in [2.45, 2.75) is 13.0 Å². The molecule has 0 bridgehead atoms. The molecule has 11 heteroatoms. The van der Waals surface area contributed by atoms with Gasteiger partial charge in [-0.3, -0.25) is 14.2 Å². The minimum absolute atomic E-state index is 0.257. The third-order valence-corrected chi connectivity index (χ3v) is 8.54. The Morgan fingerprint density at radius 1 is 1.15 bits per heavy atom. The molecule has 0 unspecified atom stereocenters. The maximum atomic E-state index is 14.0. The van der Waals surface area contributed by atoms with Crippen LogP contribution in [0, 0.1) is 0 Å². The number of amides is 1. The van der Waals surface area contributed by atoms with Gasteiger partial charge in [0.15, 0.2) is 4.80 Å². The first-order chi connectivity index (χ1) is 19.9. The summed E-state index contributed by atoms with van der Waals surface area (Å²) in [4.78, 5) is 35.0. The highest BCUT2D eigenvalue weighted by molar-refractivity contribution is 9.10. The fourth-order valence-corrected chi connectivity index (χ4v) is 6.58. The van der Waals surface area contributed by atoms with E-state index in [2.05, 4.69) is 26.1 Å². The molecule has 9 nitrogen and oxygen atoms in total. The quantitative estimate of drug-likeness (QED) is 0.343. The summed E-state index contributed by atoms with van der Waals surface area (Å²) in [6.45, 7) is 4.51. The predicted molar refractivity (Wildman–Crippen MR) is 161 cm³/mol. The van der Waals surface area contributed by atoms with E-state index in [1.54, 1.807) is 24.7 Å². The molecule has 0 radical (unpaired) electrons. The molecule has 1 amide bonds. The molecule has 0 saturated carbocycles. The van der Waals surface area contributed by atoms with Crippen LogP contribution in [0.3, 0.4) is 0 Å². The van der Waals surface area contributed by atoms with Gasteiger partial charge in [-0.15, -0.1) is 0 Å². The number of furan rings is 1. The molecule has 41 heavy (non-hydrogen) atoms. The number of morpholine rings is 1. The molecular formula is C30H27BrN4O5S. The van der Waals surface area contributed by atoms with Crippen LogP contribution in [0.15, 0.2) is 90.6 Å². The second-order valence-electron chi connectivity index (χ2n) is 9.58. The number of ether oxygens (including phenoxy) is 2. The molecule has 6 rings (SSSR count). The van der Waals surface area contributed by atoms with Crippen LogP contribution in [-0.2, 0) is 9.53 Å². The number of rotatable bonds is 6. The van der Waals surface area contributed by atoms with Crippen molar-refractivity contribution in [3.8, 4) is 5.75 Å². The van der Waals surface area contributed by atoms with Crippen molar-refractivity contribution >= 4 is 50.8 Å². The lowest BCUT2D eigenvalue weighted by molar-refractivity contribution is -0.113. The molecule has 2 aromatic carbocycles. The first-order valence-corrected chi connectivity index (χ1v) is 14.7. The number of nitrogens with zero attached hydrogens (tertiary/aromatic N) is 3. The van der Waals surface area contributed by atoms with Crippen molar-refractivity contribution in [1.82, 2.24) is 4.57 Å². The van der Waals surface area contributed by atoms with Crippen LogP contribution in [0.2, 0.25) is 0 Å². The van der Waals surface area contributed by atoms with Crippen LogP contribution in [0.4, 0.5) is 11.6 Å². The maximum absolute atomic E-state index is 14.0. The third kappa shape index (κ3) is 5.40. The van der Waals surface area contributed by atoms with Crippen molar-refractivity contribution in [3.05, 3.63) is 107 Å². The number of aromatic nitrogens is 1. The second-order valence-corrected chi connectivity index (χ2v) is 11.4. The third-order valence-electron chi connectivity index (χ3n) is 6.99. The van der Waals surface area contributed by atoms with Gasteiger partial charge < -0.3 is 24.1 Å². The second kappa shape index (κ2) is 11.5. The van der Waals surface area contributed by atoms with Crippen molar-refractivity contribution in [2.75, 3.05) is 43.6 Å². The number of hydrogen-bond acceptors (Lipinski definition) is 8. The van der Waals surface area contributed by atoms with Gasteiger partial charge in [0, 0.05) is 30.9 Å². The van der Waals surface area contributed by atoms with Gasteiger partial charge in [-0.1, -0.05) is 41.7 Å². The van der Waals surface area contributed by atoms with Crippen LogP contribution in [0.1, 0.15) is 24.3 Å². The highest BCUT2D eigenvalue weighted by atomic mass is 79.9. The van der Waals surface area contributed by atoms with Crippen molar-refractivity contribution in [2.24, 2.45) is 4.99 Å². The highest BCUT2D eigenvalue weighted by Gasteiger charge is 2.32. The molecule has 4 heterocycles. The summed E-state index contributed by atoms with van der Waals surface area (Å²) in [6.07, 6.45) is 1.73. The normalized spacial score (nSPS) is 17.3. The molecule has 210 valence electrons. The molecule has 1 atom stereocenters. The molecule has 1 fully saturated rings. The summed E-state index contributed by atoms with van der Waals surface area (Å²) in [7, 11) is 1.60. The summed E-state index contributed by atoms with van der Waals surface area (Å²) in [6, 6.07) is 17.8. The fraction of sp³-hybridized carbons (Fsp3) is 0.233. The van der Waals surface area contributed by atoms with Crippen molar-refractivity contribution in [1.29, 1.82) is 0 Å². The van der Waals surface area contributed by atoms with E-state index in [1.165, 1.54) is 11.3 Å². The van der Waals surface area contributed by atoms with E-state index in [-0.39, 0.29) is 11.5 Å². The largest absolute Gasteiger partial charge is 0.497 e. The number of allylic oxidation sites excluding steroid dienone is 1. The van der Waals surface area contributed by atoms with Crippen LogP contribution < -0.4 is 29.8 Å². The van der Waals surface area contributed by atoms with Gasteiger partial charge >= 0.3 is 0 Å². The summed E-state index contributed by atoms with van der Waals surface area (Å²) >= 11 is 4.86. The molecule has 1 N–H and O–H groups in total. The number of fused-ring (bicyclic) bond motifs is 1. The zero-order valence-corrected chi connectivity index (χ0v) is 24.8. The molecule has 4 aromatic rings. The maximum Gasteiger partial charge on any atom is 0.271 e. The Labute approximate surface area is 248 Å². The Bertz CT molecular complexity index is 1800. The smallest absolute Gasteiger partial charge is 0.271 e. The number of carbonyl (C=O) groups is 1. The Hall–Kier alpha value is -3.93. The number of methoxy groups -OCH3 is 1. The van der Waals surface area contributed by atoms with E-state index in [0.717, 1.165) is 23.1 Å². The van der Waals surface area contributed by atoms with E-state index in [9.17, 15) is 9.59 Å². The fourth-order valence-electron chi connectivity index (χ4n) is 4.99. The molecule has 1 saturated heterocycles. The minimum Gasteiger partial charge on any atom is -0.497 e. The molecule has 2 aromatic heterocycles. The van der Waals surface area contributed by atoms with Gasteiger partial charge in [-0.25, -0.2) is 4.99 Å². The zero-order valence-electron chi connectivity index (χ0n) is 22.4. The van der Waals surface area contributed by atoms with Gasteiger partial charge in [0.2, 0.25) is 5.88 Å². The van der Waals surface area contributed by atoms with Crippen LogP contribution >= 0.6 is 27.3 Å². The van der Waals surface area contributed by atoms with E-state index >= 15 is 0 Å². The van der Waals surface area contributed by atoms with Crippen LogP contribution in [0.5, 0.6) is 5.75 Å². The lowest BCUT2D eigenvalue weighted by Crippen LogP contribution is -2.40. The Kier molecular flexibility index (Phi) is 7.65. The Balaban J connectivity index is 1.44. The van der Waals surface area contributed by atoms with Crippen LogP contribution in [-0.4, -0.2) is 43.9 Å². The molecule has 2 aliphatic rings. The van der Waals surface area contributed by atoms with Crippen LogP contribution in [0.25, 0.3) is 6.08 Å². The minimum atomic E-state index is -0.685. The average molecular weight is 636 g/mol. The standard InChI is InChI=1S/C30H27BrN4O5S/c1-18-25(27(36)33-20-6-4-3-5-7-20)26(19-8-10-21(38-2)11-9-19)35-28(37)24(41-30(35)32-18)17-22-16-23(31)29(40-22)34-12-14-39-15-13-34/h3-11,16-17,26H,12-15H2,1-2H3,(H,33,36)/b24-17+/t26-/m0/s1. The first-order valence-electron chi connectivity index (χ1n) is 13.1. The monoisotopic (exact) mass is 634 g/mol. The lowest BCUT2D eigenvalue weighted by atomic mass is 9.95. The Morgan fingerprint density at radius 3 is 2.59 bits per heavy atom. The molecule has 2 aliphatic heterocycles. The van der Waals surface area contributed by atoms with Gasteiger partial charge in [-0.05, 0) is 52.7 Å². The molecule has 0 aliphatic carbocycles. The molecular weight excluding hydrogens is 608 g/mol. The Morgan fingerprint density at radius 2 is 1.88 bits per heavy atom. The average Bonchev–Trinajstić information content (AvgIpc) is 3.51. The number of hydrogen-bond donors (Lipinski definition) is 1. The van der Waals surface area contributed by atoms with E-state index < -0.39 is 6.04 Å². The number of halogens is 1. The number of benzene rings is 2. The van der Waals surface area contributed by atoms with Crippen molar-refractivity contribution in [3.63, 3.8) is 0 Å². The molecule has 0 spiro atoms. The zero-order chi connectivity index (χ0) is 28.5. The van der Waals surface area contributed by atoms with E-state index in [0.29, 0.717) is 56.9 Å². The summed E-state index contributed by atoms with van der Waals surface area (Å²) in [5.74, 6) is 1.61. The van der Waals surface area contributed by atoms with E-state index in [4.69, 9.17) is 18.9 Å². The number of nitrogens with one attached hydrogen (secondary N) is 1. The summed E-state index contributed by atoms with van der Waals surface area (Å²) in [5.41, 5.74) is 2.10. The lowest BCUT2D eigenvalue weighted by Gasteiger charge is -2.26. The summed E-state index contributed by atoms with van der Waals surface area (Å²) in [5, 5.41) is 2.97. The highest BCUT2D eigenvalue weighted by Crippen LogP contribution is 2.33. The van der Waals surface area contributed by atoms with Gasteiger partial charge in [0.25, 0.3) is 11.5 Å². The van der Waals surface area contributed by atoms with Crippen molar-refractivity contribution < 1.29 is 18.7 Å². The van der Waals surface area contributed by atoms with Gasteiger partial charge in [-0.2, -0.15) is 0 Å². The number of para-hydroxylation sites is 1. The SMILES string of the molecule is COc1ccc([C@H]2C(C(=O)Nc3ccccc3)=C(C)N=c3s/c(=C/c4cc(Br)c(N5CCOCC5)o4)c(=O)n32)cc1. The van der Waals surface area contributed by atoms with Gasteiger partial charge in [0.1, 0.15) is 11.5 Å². The van der Waals surface area contributed by atoms with E-state index in [1.807, 2.05) is 60.7 Å². The van der Waals surface area contributed by atoms with Gasteiger partial charge in [0.05, 0.1) is 46.6 Å². The predicted octanol–water partition coefficient (Wildman–Crippen LogP) is 4.07.